The van der Waals surface area contributed by atoms with Crippen LogP contribution in [0.5, 0.6) is 11.5 Å². The first-order valence-corrected chi connectivity index (χ1v) is 10.4. The standard InChI is InChI=1S/C24H18BrN3O4/c1-15(29)32-22-13-19(25)17(12-21(22)31-2)14-26-28-23(16-8-4-3-5-9-16)27-20-11-7-6-10-18(20)24(28)30/h3-14H,1-2H3. The van der Waals surface area contributed by atoms with Crippen molar-refractivity contribution in [3.8, 4) is 22.9 Å². The molecule has 0 N–H and O–H groups in total. The number of fused-ring (bicyclic) bond motifs is 1. The van der Waals surface area contributed by atoms with Crippen molar-refractivity contribution in [3.63, 3.8) is 0 Å². The largest absolute Gasteiger partial charge is 0.493 e. The number of methoxy groups -OCH3 is 1. The van der Waals surface area contributed by atoms with E-state index < -0.39 is 5.97 Å². The lowest BCUT2D eigenvalue weighted by atomic mass is 10.2. The number of carbonyl (C=O) groups is 1. The van der Waals surface area contributed by atoms with Gasteiger partial charge in [0, 0.05) is 22.5 Å². The molecule has 0 aliphatic heterocycles. The molecule has 0 amide bonds. The zero-order valence-corrected chi connectivity index (χ0v) is 18.9. The maximum Gasteiger partial charge on any atom is 0.308 e. The fourth-order valence-corrected chi connectivity index (χ4v) is 3.59. The Morgan fingerprint density at radius 1 is 1.06 bits per heavy atom. The summed E-state index contributed by atoms with van der Waals surface area (Å²) in [4.78, 5) is 29.3. The van der Waals surface area contributed by atoms with Gasteiger partial charge in [-0.15, -0.1) is 0 Å². The van der Waals surface area contributed by atoms with E-state index in [1.165, 1.54) is 24.9 Å². The van der Waals surface area contributed by atoms with Gasteiger partial charge < -0.3 is 9.47 Å². The fourth-order valence-electron chi connectivity index (χ4n) is 3.17. The lowest BCUT2D eigenvalue weighted by Gasteiger charge is -2.11. The molecule has 0 saturated carbocycles. The highest BCUT2D eigenvalue weighted by atomic mass is 79.9. The van der Waals surface area contributed by atoms with Gasteiger partial charge in [0.2, 0.25) is 0 Å². The molecule has 0 saturated heterocycles. The third-order valence-corrected chi connectivity index (χ3v) is 5.32. The normalized spacial score (nSPS) is 11.1. The van der Waals surface area contributed by atoms with Crippen LogP contribution in [0, 0.1) is 0 Å². The molecule has 160 valence electrons. The number of esters is 1. The van der Waals surface area contributed by atoms with Gasteiger partial charge >= 0.3 is 5.97 Å². The van der Waals surface area contributed by atoms with E-state index in [-0.39, 0.29) is 11.3 Å². The quantitative estimate of drug-likeness (QED) is 0.230. The van der Waals surface area contributed by atoms with Crippen LogP contribution in [0.15, 0.2) is 81.1 Å². The van der Waals surface area contributed by atoms with Crippen LogP contribution in [0.25, 0.3) is 22.3 Å². The zero-order chi connectivity index (χ0) is 22.7. The van der Waals surface area contributed by atoms with Gasteiger partial charge in [-0.05, 0) is 40.2 Å². The van der Waals surface area contributed by atoms with E-state index in [0.29, 0.717) is 32.5 Å². The van der Waals surface area contributed by atoms with E-state index in [2.05, 4.69) is 26.0 Å². The van der Waals surface area contributed by atoms with Crippen molar-refractivity contribution in [3.05, 3.63) is 87.1 Å². The number of ether oxygens (including phenoxy) is 2. The summed E-state index contributed by atoms with van der Waals surface area (Å²) in [6, 6.07) is 19.8. The van der Waals surface area contributed by atoms with Gasteiger partial charge in [-0.3, -0.25) is 9.59 Å². The van der Waals surface area contributed by atoms with Crippen molar-refractivity contribution in [2.75, 3.05) is 7.11 Å². The molecular formula is C24H18BrN3O4. The summed E-state index contributed by atoms with van der Waals surface area (Å²) in [5.74, 6) is 0.596. The Balaban J connectivity index is 1.87. The minimum Gasteiger partial charge on any atom is -0.493 e. The molecule has 0 atom stereocenters. The molecule has 0 aliphatic carbocycles. The molecule has 1 aromatic heterocycles. The Bertz CT molecular complexity index is 1400. The van der Waals surface area contributed by atoms with Crippen LogP contribution in [0.4, 0.5) is 0 Å². The highest BCUT2D eigenvalue weighted by Gasteiger charge is 2.14. The van der Waals surface area contributed by atoms with Crippen molar-refractivity contribution in [1.29, 1.82) is 0 Å². The minimum atomic E-state index is -0.460. The fraction of sp³-hybridized carbons (Fsp3) is 0.0833. The zero-order valence-electron chi connectivity index (χ0n) is 17.3. The van der Waals surface area contributed by atoms with Crippen LogP contribution in [-0.2, 0) is 4.79 Å². The molecule has 0 bridgehead atoms. The first kappa shape index (κ1) is 21.5. The van der Waals surface area contributed by atoms with Gasteiger partial charge in [0.05, 0.1) is 24.2 Å². The highest BCUT2D eigenvalue weighted by molar-refractivity contribution is 9.10. The molecule has 3 aromatic carbocycles. The van der Waals surface area contributed by atoms with E-state index in [0.717, 1.165) is 5.56 Å². The Hall–Kier alpha value is -3.78. The Morgan fingerprint density at radius 3 is 2.50 bits per heavy atom. The second kappa shape index (κ2) is 9.15. The number of para-hydroxylation sites is 1. The molecule has 4 rings (SSSR count). The molecule has 8 heteroatoms. The number of carbonyl (C=O) groups excluding carboxylic acids is 1. The first-order chi connectivity index (χ1) is 15.5. The maximum absolute atomic E-state index is 13.2. The average molecular weight is 492 g/mol. The molecule has 0 radical (unpaired) electrons. The molecule has 0 spiro atoms. The third kappa shape index (κ3) is 4.31. The minimum absolute atomic E-state index is 0.276. The predicted molar refractivity (Wildman–Crippen MR) is 126 cm³/mol. The summed E-state index contributed by atoms with van der Waals surface area (Å²) in [5.41, 5.74) is 1.69. The lowest BCUT2D eigenvalue weighted by molar-refractivity contribution is -0.132. The third-order valence-electron chi connectivity index (χ3n) is 4.63. The van der Waals surface area contributed by atoms with Gasteiger partial charge in [-0.1, -0.05) is 42.5 Å². The second-order valence-electron chi connectivity index (χ2n) is 6.80. The summed E-state index contributed by atoms with van der Waals surface area (Å²) in [6.07, 6.45) is 1.52. The first-order valence-electron chi connectivity index (χ1n) is 9.65. The average Bonchev–Trinajstić information content (AvgIpc) is 2.79. The van der Waals surface area contributed by atoms with E-state index in [4.69, 9.17) is 9.47 Å². The molecular weight excluding hydrogens is 474 g/mol. The number of benzene rings is 3. The molecule has 4 aromatic rings. The van der Waals surface area contributed by atoms with Crippen molar-refractivity contribution < 1.29 is 14.3 Å². The van der Waals surface area contributed by atoms with E-state index in [9.17, 15) is 9.59 Å². The van der Waals surface area contributed by atoms with Gasteiger partial charge in [0.1, 0.15) is 0 Å². The Morgan fingerprint density at radius 2 is 1.78 bits per heavy atom. The molecule has 7 nitrogen and oxygen atoms in total. The molecule has 32 heavy (non-hydrogen) atoms. The van der Waals surface area contributed by atoms with E-state index in [1.54, 1.807) is 30.3 Å². The monoisotopic (exact) mass is 491 g/mol. The van der Waals surface area contributed by atoms with Crippen molar-refractivity contribution in [1.82, 2.24) is 9.66 Å². The van der Waals surface area contributed by atoms with Crippen molar-refractivity contribution >= 4 is 39.0 Å². The van der Waals surface area contributed by atoms with Crippen LogP contribution in [-0.4, -0.2) is 29.0 Å². The van der Waals surface area contributed by atoms with Crippen LogP contribution >= 0.6 is 15.9 Å². The SMILES string of the molecule is COc1cc(C=Nn2c(-c3ccccc3)nc3ccccc3c2=O)c(Br)cc1OC(C)=O. The summed E-state index contributed by atoms with van der Waals surface area (Å²) in [6.45, 7) is 1.31. The number of rotatable bonds is 5. The number of hydrogen-bond acceptors (Lipinski definition) is 6. The molecule has 0 unspecified atom stereocenters. The topological polar surface area (TPSA) is 82.8 Å². The van der Waals surface area contributed by atoms with Gasteiger partial charge in [-0.25, -0.2) is 4.98 Å². The van der Waals surface area contributed by atoms with Crippen LogP contribution in [0.1, 0.15) is 12.5 Å². The predicted octanol–water partition coefficient (Wildman–Crippen LogP) is 4.64. The Kier molecular flexibility index (Phi) is 6.13. The van der Waals surface area contributed by atoms with Crippen LogP contribution in [0.3, 0.4) is 0 Å². The molecule has 0 aliphatic rings. The van der Waals surface area contributed by atoms with E-state index >= 15 is 0 Å². The van der Waals surface area contributed by atoms with Crippen molar-refractivity contribution in [2.45, 2.75) is 6.92 Å². The van der Waals surface area contributed by atoms with E-state index in [1.807, 2.05) is 36.4 Å². The van der Waals surface area contributed by atoms with Crippen LogP contribution in [0.2, 0.25) is 0 Å². The summed E-state index contributed by atoms with van der Waals surface area (Å²) < 4.78 is 12.4. The van der Waals surface area contributed by atoms with Crippen molar-refractivity contribution in [2.24, 2.45) is 5.10 Å². The summed E-state index contributed by atoms with van der Waals surface area (Å²) in [7, 11) is 1.47. The number of hydrogen-bond donors (Lipinski definition) is 0. The lowest BCUT2D eigenvalue weighted by Crippen LogP contribution is -2.20. The molecule has 1 heterocycles. The number of halogens is 1. The van der Waals surface area contributed by atoms with Gasteiger partial charge in [0.15, 0.2) is 17.3 Å². The second-order valence-corrected chi connectivity index (χ2v) is 7.65. The van der Waals surface area contributed by atoms with Gasteiger partial charge in [0.25, 0.3) is 5.56 Å². The molecule has 0 fully saturated rings. The number of aromatic nitrogens is 2. The smallest absolute Gasteiger partial charge is 0.308 e. The summed E-state index contributed by atoms with van der Waals surface area (Å²) >= 11 is 3.45. The Labute approximate surface area is 192 Å². The maximum atomic E-state index is 13.2. The van der Waals surface area contributed by atoms with Crippen LogP contribution < -0.4 is 15.0 Å². The highest BCUT2D eigenvalue weighted by Crippen LogP contribution is 2.33. The number of nitrogens with zero attached hydrogens (tertiary/aromatic N) is 3. The van der Waals surface area contributed by atoms with Gasteiger partial charge in [-0.2, -0.15) is 9.78 Å². The summed E-state index contributed by atoms with van der Waals surface area (Å²) in [5, 5.41) is 4.92.